The molecule has 1 unspecified atom stereocenters. The number of nitrogens with one attached hydrogen (secondary N) is 2. The summed E-state index contributed by atoms with van der Waals surface area (Å²) >= 11 is 0. The Balaban J connectivity index is 0.00000312. The topological polar surface area (TPSA) is 48.9 Å². The number of hydrogen-bond acceptors (Lipinski definition) is 3. The number of ether oxygens (including phenoxy) is 1. The molecule has 1 atom stereocenters. The molecule has 0 radical (unpaired) electrons. The van der Waals surface area contributed by atoms with Gasteiger partial charge in [-0.2, -0.15) is 0 Å². The fraction of sp³-hybridized carbons (Fsp3) is 0.632. The number of nitrogens with zero attached hydrogens (tertiary/aromatic N) is 2. The predicted octanol–water partition coefficient (Wildman–Crippen LogP) is 3.42. The van der Waals surface area contributed by atoms with Crippen molar-refractivity contribution in [3.05, 3.63) is 29.8 Å². The minimum Gasteiger partial charge on any atom is -0.496 e. The Labute approximate surface area is 169 Å². The summed E-state index contributed by atoms with van der Waals surface area (Å²) in [5, 5.41) is 6.88. The van der Waals surface area contributed by atoms with Gasteiger partial charge in [-0.25, -0.2) is 0 Å². The highest BCUT2D eigenvalue weighted by Gasteiger charge is 2.25. The highest BCUT2D eigenvalue weighted by Crippen LogP contribution is 2.31. The van der Waals surface area contributed by atoms with Crippen molar-refractivity contribution in [3.8, 4) is 5.75 Å². The van der Waals surface area contributed by atoms with E-state index in [1.165, 1.54) is 24.8 Å². The van der Waals surface area contributed by atoms with Crippen LogP contribution in [0.5, 0.6) is 5.75 Å². The lowest BCUT2D eigenvalue weighted by molar-refractivity contribution is 0.239. The number of halogens is 1. The van der Waals surface area contributed by atoms with E-state index < -0.39 is 0 Å². The lowest BCUT2D eigenvalue weighted by Crippen LogP contribution is -2.43. The first-order valence-electron chi connectivity index (χ1n) is 9.11. The van der Waals surface area contributed by atoms with E-state index in [0.29, 0.717) is 6.04 Å². The van der Waals surface area contributed by atoms with Gasteiger partial charge in [-0.1, -0.05) is 31.5 Å². The fourth-order valence-electron chi connectivity index (χ4n) is 3.23. The first-order chi connectivity index (χ1) is 11.8. The van der Waals surface area contributed by atoms with Gasteiger partial charge in [0.15, 0.2) is 5.96 Å². The first kappa shape index (κ1) is 22.0. The van der Waals surface area contributed by atoms with Crippen molar-refractivity contribution in [1.82, 2.24) is 15.5 Å². The van der Waals surface area contributed by atoms with Gasteiger partial charge >= 0.3 is 0 Å². The molecule has 2 rings (SSSR count). The molecule has 2 N–H and O–H groups in total. The molecular formula is C19H33IN4O. The standard InChI is InChI=1S/C19H32N4O.HI/c1-4-5-12-21-19(20-2)22-15-17(23-13-8-9-14-23)16-10-6-7-11-18(16)24-3;/h6-7,10-11,17H,4-5,8-9,12-15H2,1-3H3,(H2,20,21,22);1H. The first-order valence-corrected chi connectivity index (χ1v) is 9.11. The maximum absolute atomic E-state index is 5.60. The summed E-state index contributed by atoms with van der Waals surface area (Å²) in [4.78, 5) is 6.89. The van der Waals surface area contributed by atoms with Crippen molar-refractivity contribution in [3.63, 3.8) is 0 Å². The van der Waals surface area contributed by atoms with Crippen LogP contribution in [-0.4, -0.2) is 51.2 Å². The summed E-state index contributed by atoms with van der Waals surface area (Å²) in [6, 6.07) is 8.65. The molecule has 142 valence electrons. The highest BCUT2D eigenvalue weighted by molar-refractivity contribution is 14.0. The molecule has 25 heavy (non-hydrogen) atoms. The quantitative estimate of drug-likeness (QED) is 0.270. The van der Waals surface area contributed by atoms with Gasteiger partial charge in [-0.05, 0) is 38.4 Å². The third-order valence-electron chi connectivity index (χ3n) is 4.59. The molecule has 1 aliphatic heterocycles. The second-order valence-electron chi connectivity index (χ2n) is 6.23. The second kappa shape index (κ2) is 12.4. The van der Waals surface area contributed by atoms with Gasteiger partial charge in [0.1, 0.15) is 5.75 Å². The van der Waals surface area contributed by atoms with Crippen molar-refractivity contribution in [2.45, 2.75) is 38.6 Å². The van der Waals surface area contributed by atoms with Gasteiger partial charge in [0.2, 0.25) is 0 Å². The molecule has 0 aliphatic carbocycles. The molecule has 1 aliphatic rings. The van der Waals surface area contributed by atoms with Crippen LogP contribution < -0.4 is 15.4 Å². The van der Waals surface area contributed by atoms with Crippen LogP contribution >= 0.6 is 24.0 Å². The number of guanidine groups is 1. The Morgan fingerprint density at radius 2 is 1.96 bits per heavy atom. The molecule has 1 aromatic rings. The summed E-state index contributed by atoms with van der Waals surface area (Å²) in [5.74, 6) is 1.84. The zero-order valence-electron chi connectivity index (χ0n) is 15.8. The Morgan fingerprint density at radius 1 is 1.24 bits per heavy atom. The average Bonchev–Trinajstić information content (AvgIpc) is 3.15. The average molecular weight is 460 g/mol. The van der Waals surface area contributed by atoms with Gasteiger partial charge in [0.05, 0.1) is 13.2 Å². The van der Waals surface area contributed by atoms with Crippen molar-refractivity contribution >= 4 is 29.9 Å². The Kier molecular flexibility index (Phi) is 10.9. The number of aliphatic imine (C=N–C) groups is 1. The molecule has 0 aromatic heterocycles. The Hall–Kier alpha value is -1.02. The second-order valence-corrected chi connectivity index (χ2v) is 6.23. The Bertz CT molecular complexity index is 518. The third-order valence-corrected chi connectivity index (χ3v) is 4.59. The Morgan fingerprint density at radius 3 is 2.60 bits per heavy atom. The summed E-state index contributed by atoms with van der Waals surface area (Å²) in [6.07, 6.45) is 4.88. The number of likely N-dealkylation sites (tertiary alicyclic amines) is 1. The predicted molar refractivity (Wildman–Crippen MR) is 116 cm³/mol. The van der Waals surface area contributed by atoms with E-state index in [-0.39, 0.29) is 24.0 Å². The van der Waals surface area contributed by atoms with E-state index >= 15 is 0 Å². The van der Waals surface area contributed by atoms with E-state index in [2.05, 4.69) is 39.6 Å². The minimum atomic E-state index is 0. The van der Waals surface area contributed by atoms with Crippen molar-refractivity contribution in [2.24, 2.45) is 4.99 Å². The fourth-order valence-corrected chi connectivity index (χ4v) is 3.23. The monoisotopic (exact) mass is 460 g/mol. The normalized spacial score (nSPS) is 16.2. The molecule has 0 amide bonds. The molecule has 1 saturated heterocycles. The lowest BCUT2D eigenvalue weighted by atomic mass is 10.0. The lowest BCUT2D eigenvalue weighted by Gasteiger charge is -2.30. The number of methoxy groups -OCH3 is 1. The summed E-state index contributed by atoms with van der Waals surface area (Å²) in [7, 11) is 3.58. The number of rotatable bonds is 8. The van der Waals surface area contributed by atoms with Gasteiger partial charge in [0, 0.05) is 25.7 Å². The summed E-state index contributed by atoms with van der Waals surface area (Å²) < 4.78 is 5.60. The van der Waals surface area contributed by atoms with E-state index in [9.17, 15) is 0 Å². The van der Waals surface area contributed by atoms with Crippen LogP contribution in [-0.2, 0) is 0 Å². The van der Waals surface area contributed by atoms with Crippen LogP contribution in [0, 0.1) is 0 Å². The van der Waals surface area contributed by atoms with Crippen LogP contribution in [0.1, 0.15) is 44.2 Å². The zero-order valence-corrected chi connectivity index (χ0v) is 18.1. The maximum atomic E-state index is 5.60. The van der Waals surface area contributed by atoms with Crippen molar-refractivity contribution < 1.29 is 4.74 Å². The van der Waals surface area contributed by atoms with E-state index in [1.807, 2.05) is 19.2 Å². The number of hydrogen-bond donors (Lipinski definition) is 2. The molecule has 6 heteroatoms. The van der Waals surface area contributed by atoms with Gasteiger partial charge in [-0.15, -0.1) is 24.0 Å². The minimum absolute atomic E-state index is 0. The zero-order chi connectivity index (χ0) is 17.2. The van der Waals surface area contributed by atoms with Gasteiger partial charge in [0.25, 0.3) is 0 Å². The number of para-hydroxylation sites is 1. The largest absolute Gasteiger partial charge is 0.496 e. The van der Waals surface area contributed by atoms with E-state index in [1.54, 1.807) is 7.11 Å². The van der Waals surface area contributed by atoms with Crippen LogP contribution in [0.3, 0.4) is 0 Å². The smallest absolute Gasteiger partial charge is 0.191 e. The maximum Gasteiger partial charge on any atom is 0.191 e. The van der Waals surface area contributed by atoms with E-state index in [0.717, 1.165) is 44.3 Å². The SMILES string of the molecule is CCCCNC(=NC)NCC(c1ccccc1OC)N1CCCC1.I. The van der Waals surface area contributed by atoms with Crippen molar-refractivity contribution in [1.29, 1.82) is 0 Å². The highest BCUT2D eigenvalue weighted by atomic mass is 127. The molecule has 0 bridgehead atoms. The molecule has 5 nitrogen and oxygen atoms in total. The van der Waals surface area contributed by atoms with Crippen LogP contribution in [0.4, 0.5) is 0 Å². The molecule has 0 spiro atoms. The van der Waals surface area contributed by atoms with Gasteiger partial charge in [-0.3, -0.25) is 9.89 Å². The molecule has 0 saturated carbocycles. The van der Waals surface area contributed by atoms with Crippen LogP contribution in [0.2, 0.25) is 0 Å². The third kappa shape index (κ3) is 6.66. The molecule has 1 heterocycles. The number of benzene rings is 1. The van der Waals surface area contributed by atoms with Crippen LogP contribution in [0.25, 0.3) is 0 Å². The summed E-state index contributed by atoms with van der Waals surface area (Å²) in [5.41, 5.74) is 1.25. The molecular weight excluding hydrogens is 427 g/mol. The van der Waals surface area contributed by atoms with Crippen molar-refractivity contribution in [2.75, 3.05) is 40.3 Å². The molecule has 1 aromatic carbocycles. The summed E-state index contributed by atoms with van der Waals surface area (Å²) in [6.45, 7) is 6.27. The number of unbranched alkanes of at least 4 members (excludes halogenated alkanes) is 1. The van der Waals surface area contributed by atoms with Crippen LogP contribution in [0.15, 0.2) is 29.3 Å². The van der Waals surface area contributed by atoms with E-state index in [4.69, 9.17) is 4.74 Å². The molecule has 1 fully saturated rings. The van der Waals surface area contributed by atoms with Gasteiger partial charge < -0.3 is 15.4 Å².